The van der Waals surface area contributed by atoms with E-state index in [2.05, 4.69) is 10.1 Å². The molecule has 2 aromatic heterocycles. The quantitative estimate of drug-likeness (QED) is 0.653. The summed E-state index contributed by atoms with van der Waals surface area (Å²) < 4.78 is 8.17. The molecule has 0 N–H and O–H groups in total. The summed E-state index contributed by atoms with van der Waals surface area (Å²) in [5.41, 5.74) is 4.19. The molecule has 1 aromatic carbocycles. The van der Waals surface area contributed by atoms with E-state index >= 15 is 0 Å². The van der Waals surface area contributed by atoms with Crippen LogP contribution >= 0.6 is 0 Å². The summed E-state index contributed by atoms with van der Waals surface area (Å²) in [6.07, 6.45) is 6.10. The van der Waals surface area contributed by atoms with Crippen LogP contribution in [-0.2, 0) is 23.3 Å². The maximum absolute atomic E-state index is 13.1. The van der Waals surface area contributed by atoms with Crippen molar-refractivity contribution in [3.63, 3.8) is 0 Å². The highest BCUT2D eigenvalue weighted by Gasteiger charge is 2.43. The van der Waals surface area contributed by atoms with Gasteiger partial charge in [-0.05, 0) is 38.7 Å². The number of aryl methyl sites for hydroxylation is 2. The van der Waals surface area contributed by atoms with E-state index in [1.807, 2.05) is 66.2 Å². The average molecular weight is 418 g/mol. The van der Waals surface area contributed by atoms with Crippen LogP contribution in [0.2, 0.25) is 0 Å². The van der Waals surface area contributed by atoms with Crippen LogP contribution in [0, 0.1) is 6.92 Å². The Hall–Kier alpha value is -3.06. The molecule has 5 rings (SSSR count). The minimum atomic E-state index is -0.445. The molecular weight excluding hydrogens is 390 g/mol. The Kier molecular flexibility index (Phi) is 5.06. The van der Waals surface area contributed by atoms with Crippen LogP contribution in [0.15, 0.2) is 42.7 Å². The Morgan fingerprint density at radius 3 is 2.68 bits per heavy atom. The molecule has 0 bridgehead atoms. The highest BCUT2D eigenvalue weighted by atomic mass is 16.5. The number of carbonyl (C=O) groups is 1. The average Bonchev–Trinajstić information content (AvgIpc) is 3.20. The van der Waals surface area contributed by atoms with Crippen molar-refractivity contribution in [1.29, 1.82) is 0 Å². The van der Waals surface area contributed by atoms with E-state index in [0.29, 0.717) is 25.3 Å². The lowest BCUT2D eigenvalue weighted by Gasteiger charge is -2.44. The van der Waals surface area contributed by atoms with Crippen LogP contribution in [0.3, 0.4) is 0 Å². The zero-order valence-electron chi connectivity index (χ0n) is 18.0. The highest BCUT2D eigenvalue weighted by molar-refractivity contribution is 5.95. The van der Waals surface area contributed by atoms with Crippen molar-refractivity contribution in [1.82, 2.24) is 24.6 Å². The molecule has 1 saturated heterocycles. The Morgan fingerprint density at radius 1 is 1.19 bits per heavy atom. The summed E-state index contributed by atoms with van der Waals surface area (Å²) in [7, 11) is 0. The first kappa shape index (κ1) is 19.9. The van der Waals surface area contributed by atoms with Gasteiger partial charge in [0.2, 0.25) is 0 Å². The lowest BCUT2D eigenvalue weighted by molar-refractivity contribution is -0.0967. The van der Waals surface area contributed by atoms with Crippen molar-refractivity contribution in [3.8, 4) is 11.4 Å². The Balaban J connectivity index is 1.39. The number of likely N-dealkylation sites (tertiary alicyclic amines) is 1. The van der Waals surface area contributed by atoms with Crippen molar-refractivity contribution in [3.05, 3.63) is 65.2 Å². The Labute approximate surface area is 182 Å². The second-order valence-corrected chi connectivity index (χ2v) is 8.30. The van der Waals surface area contributed by atoms with Gasteiger partial charge in [0.15, 0.2) is 5.82 Å². The lowest BCUT2D eigenvalue weighted by atomic mass is 9.83. The standard InChI is InChI=1S/C24H27N5O2/c1-3-29-16-20(17(2)27-29)23(30)28-12-10-24(11-13-28)21-19(9-14-31-24)15-25-22(26-21)18-7-5-4-6-8-18/h4-8,15-16H,3,9-14H2,1-2H3. The summed E-state index contributed by atoms with van der Waals surface area (Å²) in [6, 6.07) is 10.0. The molecular formula is C24H27N5O2. The fourth-order valence-electron chi connectivity index (χ4n) is 4.65. The minimum Gasteiger partial charge on any atom is -0.368 e. The number of aromatic nitrogens is 4. The van der Waals surface area contributed by atoms with E-state index in [1.165, 1.54) is 0 Å². The van der Waals surface area contributed by atoms with Crippen molar-refractivity contribution in [2.45, 2.75) is 45.3 Å². The van der Waals surface area contributed by atoms with E-state index in [9.17, 15) is 4.79 Å². The molecule has 0 atom stereocenters. The summed E-state index contributed by atoms with van der Waals surface area (Å²) in [5, 5.41) is 4.42. The number of benzene rings is 1. The highest BCUT2D eigenvalue weighted by Crippen LogP contribution is 2.41. The number of ether oxygens (including phenoxy) is 1. The molecule has 0 aliphatic carbocycles. The second-order valence-electron chi connectivity index (χ2n) is 8.30. The van der Waals surface area contributed by atoms with Crippen LogP contribution in [-0.4, -0.2) is 50.3 Å². The predicted molar refractivity (Wildman–Crippen MR) is 117 cm³/mol. The Morgan fingerprint density at radius 2 is 1.97 bits per heavy atom. The zero-order valence-corrected chi connectivity index (χ0v) is 18.0. The number of rotatable bonds is 3. The van der Waals surface area contributed by atoms with Crippen molar-refractivity contribution in [2.75, 3.05) is 19.7 Å². The monoisotopic (exact) mass is 417 g/mol. The summed E-state index contributed by atoms with van der Waals surface area (Å²) in [4.78, 5) is 24.6. The first-order valence-electron chi connectivity index (χ1n) is 11.0. The molecule has 7 heteroatoms. The third-order valence-electron chi connectivity index (χ3n) is 6.44. The third-order valence-corrected chi connectivity index (χ3v) is 6.44. The van der Waals surface area contributed by atoms with Crippen molar-refractivity contribution in [2.24, 2.45) is 0 Å². The van der Waals surface area contributed by atoms with Crippen LogP contribution in [0.25, 0.3) is 11.4 Å². The smallest absolute Gasteiger partial charge is 0.257 e. The summed E-state index contributed by atoms with van der Waals surface area (Å²) in [5.74, 6) is 0.779. The number of hydrogen-bond donors (Lipinski definition) is 0. The number of piperidine rings is 1. The number of amides is 1. The van der Waals surface area contributed by atoms with Gasteiger partial charge in [0.1, 0.15) is 5.60 Å². The molecule has 7 nitrogen and oxygen atoms in total. The third kappa shape index (κ3) is 3.53. The van der Waals surface area contributed by atoms with Gasteiger partial charge in [-0.25, -0.2) is 9.97 Å². The first-order valence-corrected chi connectivity index (χ1v) is 11.0. The molecule has 31 heavy (non-hydrogen) atoms. The molecule has 1 fully saturated rings. The summed E-state index contributed by atoms with van der Waals surface area (Å²) >= 11 is 0. The SMILES string of the molecule is CCn1cc(C(=O)N2CCC3(CC2)OCCc2cnc(-c4ccccc4)nc23)c(C)n1. The molecule has 1 spiro atoms. The van der Waals surface area contributed by atoms with Crippen LogP contribution in [0.5, 0.6) is 0 Å². The molecule has 0 saturated carbocycles. The largest absolute Gasteiger partial charge is 0.368 e. The van der Waals surface area contributed by atoms with Gasteiger partial charge in [-0.2, -0.15) is 5.10 Å². The van der Waals surface area contributed by atoms with E-state index < -0.39 is 5.60 Å². The van der Waals surface area contributed by atoms with Crippen LogP contribution in [0.4, 0.5) is 0 Å². The van der Waals surface area contributed by atoms with Crippen molar-refractivity contribution >= 4 is 5.91 Å². The number of carbonyl (C=O) groups excluding carboxylic acids is 1. The van der Waals surface area contributed by atoms with Crippen molar-refractivity contribution < 1.29 is 9.53 Å². The molecule has 0 radical (unpaired) electrons. The van der Waals surface area contributed by atoms with Gasteiger partial charge in [0.05, 0.1) is 23.6 Å². The van der Waals surface area contributed by atoms with Crippen LogP contribution < -0.4 is 0 Å². The topological polar surface area (TPSA) is 73.1 Å². The molecule has 1 amide bonds. The fourth-order valence-corrected chi connectivity index (χ4v) is 4.65. The van der Waals surface area contributed by atoms with E-state index in [1.54, 1.807) is 0 Å². The Bertz CT molecular complexity index is 1100. The molecule has 0 unspecified atom stereocenters. The molecule has 2 aliphatic heterocycles. The normalized spacial score (nSPS) is 17.5. The van der Waals surface area contributed by atoms with Gasteiger partial charge in [-0.3, -0.25) is 9.48 Å². The maximum Gasteiger partial charge on any atom is 0.257 e. The second kappa shape index (κ2) is 7.89. The number of nitrogens with zero attached hydrogens (tertiary/aromatic N) is 5. The van der Waals surface area contributed by atoms with E-state index in [-0.39, 0.29) is 5.91 Å². The van der Waals surface area contributed by atoms with Gasteiger partial charge in [0.25, 0.3) is 5.91 Å². The minimum absolute atomic E-state index is 0.0516. The lowest BCUT2D eigenvalue weighted by Crippen LogP contribution is -2.49. The van der Waals surface area contributed by atoms with Gasteiger partial charge in [-0.1, -0.05) is 30.3 Å². The fraction of sp³-hybridized carbons (Fsp3) is 0.417. The predicted octanol–water partition coefficient (Wildman–Crippen LogP) is 3.37. The van der Waals surface area contributed by atoms with Gasteiger partial charge >= 0.3 is 0 Å². The summed E-state index contributed by atoms with van der Waals surface area (Å²) in [6.45, 7) is 6.62. The van der Waals surface area contributed by atoms with Gasteiger partial charge < -0.3 is 9.64 Å². The molecule has 4 heterocycles. The number of hydrogen-bond acceptors (Lipinski definition) is 5. The first-order chi connectivity index (χ1) is 15.1. The number of fused-ring (bicyclic) bond motifs is 2. The van der Waals surface area contributed by atoms with E-state index in [0.717, 1.165) is 54.1 Å². The van der Waals surface area contributed by atoms with Gasteiger partial charge in [0, 0.05) is 37.6 Å². The van der Waals surface area contributed by atoms with Gasteiger partial charge in [-0.15, -0.1) is 0 Å². The molecule has 160 valence electrons. The zero-order chi connectivity index (χ0) is 21.4. The maximum atomic E-state index is 13.1. The van der Waals surface area contributed by atoms with Crippen LogP contribution in [0.1, 0.15) is 47.1 Å². The molecule has 2 aliphatic rings. The van der Waals surface area contributed by atoms with E-state index in [4.69, 9.17) is 9.72 Å². The molecule has 3 aromatic rings.